The molecule has 38 heavy (non-hydrogen) atoms. The van der Waals surface area contributed by atoms with Crippen molar-refractivity contribution in [3.8, 4) is 0 Å². The van der Waals surface area contributed by atoms with Gasteiger partial charge in [0.2, 0.25) is 11.8 Å². The van der Waals surface area contributed by atoms with E-state index in [1.807, 2.05) is 12.1 Å². The highest BCUT2D eigenvalue weighted by Crippen LogP contribution is 2.33. The molecule has 10 nitrogen and oxygen atoms in total. The minimum atomic E-state index is -1.11. The Bertz CT molecular complexity index is 1030. The molecule has 2 heterocycles. The monoisotopic (exact) mass is 530 g/mol. The number of aryl methyl sites for hydroxylation is 1. The van der Waals surface area contributed by atoms with Gasteiger partial charge < -0.3 is 25.2 Å². The summed E-state index contributed by atoms with van der Waals surface area (Å²) in [7, 11) is 1.51. The molecule has 0 radical (unpaired) electrons. The summed E-state index contributed by atoms with van der Waals surface area (Å²) in [6.45, 7) is 7.23. The molecule has 2 aliphatic heterocycles. The van der Waals surface area contributed by atoms with Crippen LogP contribution in [0.1, 0.15) is 77.0 Å². The standard InChI is InChI=1S/C28H42N4O6/c1-17(31(5)27(36)38-28(2,3)4)24(33)30-21-15-16-37-23-14-13-22(32(23)26(21)35)25(34)29-20-12-8-10-18-9-6-7-11-19(18)20/h6-7,9,11,17,20-23,26,35H,8,10,12-16H2,1-5H3,(H,29,34)(H,30,33)/t17-,20+,21-,22-,23-,26?/m0/s1. The minimum Gasteiger partial charge on any atom is -0.444 e. The molecule has 0 saturated carbocycles. The molecule has 210 valence electrons. The van der Waals surface area contributed by atoms with Crippen LogP contribution in [0.25, 0.3) is 0 Å². The van der Waals surface area contributed by atoms with Crippen molar-refractivity contribution in [2.24, 2.45) is 0 Å². The molecule has 1 aromatic rings. The number of hydrogen-bond donors (Lipinski definition) is 3. The molecule has 4 rings (SSSR count). The predicted molar refractivity (Wildman–Crippen MR) is 141 cm³/mol. The highest BCUT2D eigenvalue weighted by atomic mass is 16.6. The van der Waals surface area contributed by atoms with Crippen LogP contribution < -0.4 is 10.6 Å². The van der Waals surface area contributed by atoms with Gasteiger partial charge in [-0.1, -0.05) is 24.3 Å². The van der Waals surface area contributed by atoms with E-state index in [-0.39, 0.29) is 11.9 Å². The first kappa shape index (κ1) is 28.3. The number of carbonyl (C=O) groups is 3. The van der Waals surface area contributed by atoms with Gasteiger partial charge in [-0.2, -0.15) is 0 Å². The number of carbonyl (C=O) groups excluding carboxylic acids is 3. The summed E-state index contributed by atoms with van der Waals surface area (Å²) in [6, 6.07) is 6.10. The zero-order valence-corrected chi connectivity index (χ0v) is 23.1. The Hall–Kier alpha value is -2.69. The average molecular weight is 531 g/mol. The van der Waals surface area contributed by atoms with Gasteiger partial charge in [0.25, 0.3) is 0 Å². The van der Waals surface area contributed by atoms with Crippen molar-refractivity contribution in [1.29, 1.82) is 0 Å². The van der Waals surface area contributed by atoms with Gasteiger partial charge in [0.05, 0.1) is 24.7 Å². The Morgan fingerprint density at radius 1 is 1.13 bits per heavy atom. The predicted octanol–water partition coefficient (Wildman–Crippen LogP) is 2.45. The fourth-order valence-corrected chi connectivity index (χ4v) is 5.57. The third kappa shape index (κ3) is 6.30. The number of fused-ring (bicyclic) bond motifs is 2. The van der Waals surface area contributed by atoms with Crippen LogP contribution in [-0.4, -0.2) is 82.7 Å². The zero-order valence-electron chi connectivity index (χ0n) is 23.1. The van der Waals surface area contributed by atoms with Crippen LogP contribution in [0.5, 0.6) is 0 Å². The lowest BCUT2D eigenvalue weighted by atomic mass is 9.87. The van der Waals surface area contributed by atoms with E-state index in [9.17, 15) is 19.5 Å². The van der Waals surface area contributed by atoms with Crippen molar-refractivity contribution in [3.05, 3.63) is 35.4 Å². The summed E-state index contributed by atoms with van der Waals surface area (Å²) >= 11 is 0. The van der Waals surface area contributed by atoms with Gasteiger partial charge in [-0.15, -0.1) is 0 Å². The summed E-state index contributed by atoms with van der Waals surface area (Å²) in [4.78, 5) is 41.9. The third-order valence-electron chi connectivity index (χ3n) is 7.74. The lowest BCUT2D eigenvalue weighted by Crippen LogP contribution is -2.59. The van der Waals surface area contributed by atoms with E-state index in [2.05, 4.69) is 22.8 Å². The molecule has 0 aromatic heterocycles. The summed E-state index contributed by atoms with van der Waals surface area (Å²) in [5.41, 5.74) is 1.73. The highest BCUT2D eigenvalue weighted by molar-refractivity contribution is 5.85. The molecule has 10 heteroatoms. The van der Waals surface area contributed by atoms with Crippen molar-refractivity contribution < 1.29 is 29.0 Å². The number of rotatable bonds is 5. The maximum atomic E-state index is 13.5. The van der Waals surface area contributed by atoms with Crippen molar-refractivity contribution in [2.45, 2.75) is 108 Å². The van der Waals surface area contributed by atoms with Crippen LogP contribution in [-0.2, 0) is 25.5 Å². The summed E-state index contributed by atoms with van der Waals surface area (Å²) in [5, 5.41) is 17.5. The highest BCUT2D eigenvalue weighted by Gasteiger charge is 2.47. The van der Waals surface area contributed by atoms with Gasteiger partial charge >= 0.3 is 6.09 Å². The number of nitrogens with one attached hydrogen (secondary N) is 2. The second-order valence-corrected chi connectivity index (χ2v) is 11.6. The maximum absolute atomic E-state index is 13.5. The number of aliphatic hydroxyl groups excluding tert-OH is 1. The normalized spacial score (nSPS) is 28.3. The molecule has 3 N–H and O–H groups in total. The Labute approximate surface area is 225 Å². The van der Waals surface area contributed by atoms with Crippen LogP contribution in [0.4, 0.5) is 4.79 Å². The topological polar surface area (TPSA) is 120 Å². The molecule has 3 aliphatic rings. The molecule has 1 aliphatic carbocycles. The SMILES string of the molecule is C[C@@H](C(=O)N[C@H]1CCO[C@H]2CC[C@@H](C(=O)N[C@@H]3CCCc4ccccc43)N2C1O)N(C)C(=O)OC(C)(C)C. The van der Waals surface area contributed by atoms with Crippen molar-refractivity contribution in [1.82, 2.24) is 20.4 Å². The molecule has 2 saturated heterocycles. The van der Waals surface area contributed by atoms with Crippen LogP contribution in [0.3, 0.4) is 0 Å². The first-order valence-electron chi connectivity index (χ1n) is 13.7. The first-order valence-corrected chi connectivity index (χ1v) is 13.7. The lowest BCUT2D eigenvalue weighted by Gasteiger charge is -2.36. The second-order valence-electron chi connectivity index (χ2n) is 11.6. The van der Waals surface area contributed by atoms with E-state index in [0.717, 1.165) is 24.8 Å². The van der Waals surface area contributed by atoms with E-state index in [1.165, 1.54) is 17.5 Å². The largest absolute Gasteiger partial charge is 0.444 e. The molecule has 6 atom stereocenters. The van der Waals surface area contributed by atoms with Gasteiger partial charge in [0, 0.05) is 7.05 Å². The number of aliphatic hydroxyl groups is 1. The van der Waals surface area contributed by atoms with E-state index < -0.39 is 48.2 Å². The number of nitrogens with zero attached hydrogens (tertiary/aromatic N) is 2. The van der Waals surface area contributed by atoms with Gasteiger partial charge in [0.15, 0.2) is 0 Å². The Morgan fingerprint density at radius 3 is 2.61 bits per heavy atom. The summed E-state index contributed by atoms with van der Waals surface area (Å²) in [6.07, 6.45) is 2.34. The van der Waals surface area contributed by atoms with Crippen molar-refractivity contribution in [3.63, 3.8) is 0 Å². The Balaban J connectivity index is 1.41. The second kappa shape index (κ2) is 11.6. The summed E-state index contributed by atoms with van der Waals surface area (Å²) < 4.78 is 11.4. The molecule has 3 amide bonds. The van der Waals surface area contributed by atoms with Crippen molar-refractivity contribution in [2.75, 3.05) is 13.7 Å². The maximum Gasteiger partial charge on any atom is 0.410 e. The number of hydrogen-bond acceptors (Lipinski definition) is 7. The van der Waals surface area contributed by atoms with Gasteiger partial charge in [0.1, 0.15) is 24.1 Å². The molecule has 2 fully saturated rings. The molecular formula is C28H42N4O6. The number of amides is 3. The minimum absolute atomic E-state index is 0.0590. The van der Waals surface area contributed by atoms with Crippen molar-refractivity contribution >= 4 is 17.9 Å². The molecular weight excluding hydrogens is 488 g/mol. The molecule has 1 aromatic carbocycles. The number of benzene rings is 1. The van der Waals surface area contributed by atoms with E-state index >= 15 is 0 Å². The Kier molecular flexibility index (Phi) is 8.64. The van der Waals surface area contributed by atoms with Gasteiger partial charge in [-0.3, -0.25) is 14.5 Å². The van der Waals surface area contributed by atoms with Crippen LogP contribution >= 0.6 is 0 Å². The summed E-state index contributed by atoms with van der Waals surface area (Å²) in [5.74, 6) is -0.554. The fraction of sp³-hybridized carbons (Fsp3) is 0.679. The van der Waals surface area contributed by atoms with E-state index in [0.29, 0.717) is 25.9 Å². The van der Waals surface area contributed by atoms with Crippen LogP contribution in [0.15, 0.2) is 24.3 Å². The fourth-order valence-electron chi connectivity index (χ4n) is 5.57. The van der Waals surface area contributed by atoms with Crippen LogP contribution in [0.2, 0.25) is 0 Å². The third-order valence-corrected chi connectivity index (χ3v) is 7.74. The smallest absolute Gasteiger partial charge is 0.410 e. The number of likely N-dealkylation sites (N-methyl/N-ethyl adjacent to an activating group) is 1. The molecule has 0 bridgehead atoms. The number of ether oxygens (including phenoxy) is 2. The molecule has 0 spiro atoms. The molecule has 1 unspecified atom stereocenters. The van der Waals surface area contributed by atoms with E-state index in [1.54, 1.807) is 32.6 Å². The quantitative estimate of drug-likeness (QED) is 0.535. The lowest BCUT2D eigenvalue weighted by molar-refractivity contribution is -0.145. The van der Waals surface area contributed by atoms with Crippen LogP contribution in [0, 0.1) is 0 Å². The Morgan fingerprint density at radius 2 is 1.87 bits per heavy atom. The average Bonchev–Trinajstić information content (AvgIpc) is 3.23. The first-order chi connectivity index (χ1) is 18.0. The van der Waals surface area contributed by atoms with Gasteiger partial charge in [-0.05, 0) is 77.3 Å². The zero-order chi connectivity index (χ0) is 27.6. The van der Waals surface area contributed by atoms with Gasteiger partial charge in [-0.25, -0.2) is 9.69 Å². The van der Waals surface area contributed by atoms with E-state index in [4.69, 9.17) is 9.47 Å².